The van der Waals surface area contributed by atoms with Crippen molar-refractivity contribution in [2.75, 3.05) is 0 Å². The molecular weight excluding hydrogens is 190 g/mol. The average Bonchev–Trinajstić information content (AvgIpc) is 2.37. The molecule has 0 atom stereocenters. The fraction of sp³-hybridized carbons (Fsp3) is 0.222. The lowest BCUT2D eigenvalue weighted by atomic mass is 10.1. The molecule has 1 aromatic heterocycles. The summed E-state index contributed by atoms with van der Waals surface area (Å²) in [6.45, 7) is 3.85. The number of nitriles is 1. The van der Waals surface area contributed by atoms with E-state index in [2.05, 4.69) is 6.07 Å². The molecule has 1 rings (SSSR count). The molecule has 0 fully saturated rings. The van der Waals surface area contributed by atoms with Gasteiger partial charge in [-0.1, -0.05) is 17.2 Å². The summed E-state index contributed by atoms with van der Waals surface area (Å²) < 4.78 is 0.721. The van der Waals surface area contributed by atoms with Gasteiger partial charge in [0.05, 0.1) is 9.91 Å². The van der Waals surface area contributed by atoms with Gasteiger partial charge in [-0.25, -0.2) is 0 Å². The summed E-state index contributed by atoms with van der Waals surface area (Å²) in [5, 5.41) is 8.81. The van der Waals surface area contributed by atoms with Gasteiger partial charge in [-0.3, -0.25) is 0 Å². The standard InChI is InChI=1S/C9H8ClNS/c1-6(2)7(5-11)8-3-4-9(10)12-8/h3-4H,1-2H3. The van der Waals surface area contributed by atoms with Gasteiger partial charge in [0.1, 0.15) is 6.07 Å². The van der Waals surface area contributed by atoms with Crippen molar-refractivity contribution in [3.05, 3.63) is 26.9 Å². The molecule has 0 unspecified atom stereocenters. The molecule has 0 aliphatic heterocycles. The Morgan fingerprint density at radius 1 is 1.50 bits per heavy atom. The van der Waals surface area contributed by atoms with E-state index in [1.807, 2.05) is 26.0 Å². The highest BCUT2D eigenvalue weighted by Gasteiger charge is 2.04. The lowest BCUT2D eigenvalue weighted by Crippen LogP contribution is -1.77. The normalized spacial score (nSPS) is 9.17. The van der Waals surface area contributed by atoms with Crippen molar-refractivity contribution < 1.29 is 0 Å². The zero-order valence-corrected chi connectivity index (χ0v) is 8.46. The van der Waals surface area contributed by atoms with Crippen LogP contribution in [0.5, 0.6) is 0 Å². The predicted octanol–water partition coefficient (Wildman–Crippen LogP) is 3.72. The monoisotopic (exact) mass is 197 g/mol. The van der Waals surface area contributed by atoms with Crippen LogP contribution in [0, 0.1) is 11.3 Å². The van der Waals surface area contributed by atoms with Crippen LogP contribution >= 0.6 is 22.9 Å². The Bertz CT molecular complexity index is 353. The molecule has 1 heterocycles. The van der Waals surface area contributed by atoms with Crippen molar-refractivity contribution in [3.63, 3.8) is 0 Å². The minimum absolute atomic E-state index is 0.721. The summed E-state index contributed by atoms with van der Waals surface area (Å²) in [7, 11) is 0. The second kappa shape index (κ2) is 3.75. The first-order valence-corrected chi connectivity index (χ1v) is 4.68. The molecule has 0 bridgehead atoms. The molecule has 12 heavy (non-hydrogen) atoms. The van der Waals surface area contributed by atoms with Crippen LogP contribution in [-0.4, -0.2) is 0 Å². The Labute approximate surface area is 80.9 Å². The third-order valence-corrected chi connectivity index (χ3v) is 2.68. The maximum Gasteiger partial charge on any atom is 0.101 e. The van der Waals surface area contributed by atoms with Crippen LogP contribution in [0.15, 0.2) is 17.7 Å². The predicted molar refractivity (Wildman–Crippen MR) is 53.2 cm³/mol. The summed E-state index contributed by atoms with van der Waals surface area (Å²) >= 11 is 7.19. The molecule has 3 heteroatoms. The maximum atomic E-state index is 8.81. The molecule has 0 radical (unpaired) electrons. The van der Waals surface area contributed by atoms with Crippen LogP contribution in [0.25, 0.3) is 5.57 Å². The smallest absolute Gasteiger partial charge is 0.101 e. The van der Waals surface area contributed by atoms with Gasteiger partial charge in [0.15, 0.2) is 0 Å². The van der Waals surface area contributed by atoms with Crippen LogP contribution in [0.1, 0.15) is 18.7 Å². The second-order valence-electron chi connectivity index (χ2n) is 2.59. The van der Waals surface area contributed by atoms with Crippen LogP contribution in [-0.2, 0) is 0 Å². The topological polar surface area (TPSA) is 23.8 Å². The van der Waals surface area contributed by atoms with Crippen molar-refractivity contribution in [2.45, 2.75) is 13.8 Å². The molecule has 62 valence electrons. The van der Waals surface area contributed by atoms with Gasteiger partial charge in [0, 0.05) is 4.88 Å². The Morgan fingerprint density at radius 2 is 2.17 bits per heavy atom. The van der Waals surface area contributed by atoms with Crippen LogP contribution in [0.3, 0.4) is 0 Å². The van der Waals surface area contributed by atoms with E-state index >= 15 is 0 Å². The minimum atomic E-state index is 0.721. The largest absolute Gasteiger partial charge is 0.192 e. The fourth-order valence-electron chi connectivity index (χ4n) is 0.862. The molecule has 0 aliphatic rings. The molecule has 1 aromatic rings. The lowest BCUT2D eigenvalue weighted by Gasteiger charge is -1.94. The van der Waals surface area contributed by atoms with Gasteiger partial charge in [-0.05, 0) is 26.0 Å². The number of nitrogens with zero attached hydrogens (tertiary/aromatic N) is 1. The molecule has 0 aliphatic carbocycles. The molecule has 0 N–H and O–H groups in total. The van der Waals surface area contributed by atoms with Crippen LogP contribution < -0.4 is 0 Å². The van der Waals surface area contributed by atoms with E-state index in [0.29, 0.717) is 0 Å². The highest BCUT2D eigenvalue weighted by Crippen LogP contribution is 2.28. The number of thiophene rings is 1. The first-order chi connectivity index (χ1) is 5.65. The summed E-state index contributed by atoms with van der Waals surface area (Å²) in [6.07, 6.45) is 0. The first kappa shape index (κ1) is 9.31. The van der Waals surface area contributed by atoms with E-state index in [0.717, 1.165) is 20.4 Å². The van der Waals surface area contributed by atoms with E-state index in [1.54, 1.807) is 0 Å². The van der Waals surface area contributed by atoms with Crippen molar-refractivity contribution in [1.82, 2.24) is 0 Å². The molecule has 0 spiro atoms. The minimum Gasteiger partial charge on any atom is -0.192 e. The maximum absolute atomic E-state index is 8.81. The van der Waals surface area contributed by atoms with E-state index < -0.39 is 0 Å². The number of rotatable bonds is 1. The van der Waals surface area contributed by atoms with Gasteiger partial charge in [-0.2, -0.15) is 5.26 Å². The number of hydrogen-bond donors (Lipinski definition) is 0. The molecule has 1 nitrogen and oxygen atoms in total. The van der Waals surface area contributed by atoms with Crippen molar-refractivity contribution >= 4 is 28.5 Å². The quantitative estimate of drug-likeness (QED) is 0.630. The highest BCUT2D eigenvalue weighted by molar-refractivity contribution is 7.17. The van der Waals surface area contributed by atoms with Crippen molar-refractivity contribution in [1.29, 1.82) is 5.26 Å². The zero-order chi connectivity index (χ0) is 9.14. The third kappa shape index (κ3) is 1.88. The van der Waals surface area contributed by atoms with E-state index in [-0.39, 0.29) is 0 Å². The van der Waals surface area contributed by atoms with Gasteiger partial charge >= 0.3 is 0 Å². The SMILES string of the molecule is CC(C)=C(C#N)c1ccc(Cl)s1. The van der Waals surface area contributed by atoms with Gasteiger partial charge in [0.2, 0.25) is 0 Å². The Morgan fingerprint density at radius 3 is 2.50 bits per heavy atom. The summed E-state index contributed by atoms with van der Waals surface area (Å²) in [5.74, 6) is 0. The Balaban J connectivity index is 3.15. The summed E-state index contributed by atoms with van der Waals surface area (Å²) in [6, 6.07) is 5.84. The van der Waals surface area contributed by atoms with Crippen molar-refractivity contribution in [3.8, 4) is 6.07 Å². The van der Waals surface area contributed by atoms with E-state index in [1.165, 1.54) is 11.3 Å². The first-order valence-electron chi connectivity index (χ1n) is 3.48. The molecule has 0 saturated heterocycles. The molecular formula is C9H8ClNS. The zero-order valence-electron chi connectivity index (χ0n) is 6.89. The van der Waals surface area contributed by atoms with Crippen LogP contribution in [0.4, 0.5) is 0 Å². The van der Waals surface area contributed by atoms with Crippen molar-refractivity contribution in [2.24, 2.45) is 0 Å². The van der Waals surface area contributed by atoms with Gasteiger partial charge in [0.25, 0.3) is 0 Å². The number of hydrogen-bond acceptors (Lipinski definition) is 2. The Hall–Kier alpha value is -0.780. The summed E-state index contributed by atoms with van der Waals surface area (Å²) in [5.41, 5.74) is 1.75. The van der Waals surface area contributed by atoms with Gasteiger partial charge < -0.3 is 0 Å². The average molecular weight is 198 g/mol. The third-order valence-electron chi connectivity index (χ3n) is 1.43. The van der Waals surface area contributed by atoms with E-state index in [4.69, 9.17) is 16.9 Å². The molecule has 0 saturated carbocycles. The van der Waals surface area contributed by atoms with Crippen LogP contribution in [0.2, 0.25) is 4.34 Å². The Kier molecular flexibility index (Phi) is 2.91. The van der Waals surface area contributed by atoms with E-state index in [9.17, 15) is 0 Å². The number of allylic oxidation sites excluding steroid dienone is 2. The molecule has 0 amide bonds. The second-order valence-corrected chi connectivity index (χ2v) is 4.31. The molecule has 0 aromatic carbocycles. The fourth-order valence-corrected chi connectivity index (χ4v) is 2.01. The van der Waals surface area contributed by atoms with Gasteiger partial charge in [-0.15, -0.1) is 11.3 Å². The number of halogens is 1. The lowest BCUT2D eigenvalue weighted by molar-refractivity contribution is 1.40. The highest BCUT2D eigenvalue weighted by atomic mass is 35.5. The summed E-state index contributed by atoms with van der Waals surface area (Å²) in [4.78, 5) is 0.947.